The molecule has 138 valence electrons. The molecule has 1 aromatic carbocycles. The van der Waals surface area contributed by atoms with Crippen LogP contribution in [0.25, 0.3) is 11.4 Å². The maximum atomic E-state index is 12.8. The van der Waals surface area contributed by atoms with Crippen LogP contribution in [0.1, 0.15) is 27.9 Å². The smallest absolute Gasteiger partial charge is 0.264 e. The van der Waals surface area contributed by atoms with Crippen molar-refractivity contribution in [1.82, 2.24) is 14.9 Å². The molecule has 3 heterocycles. The highest BCUT2D eigenvalue weighted by Crippen LogP contribution is 2.30. The van der Waals surface area contributed by atoms with E-state index in [2.05, 4.69) is 11.8 Å². The normalized spacial score (nSPS) is 13.3. The van der Waals surface area contributed by atoms with Crippen LogP contribution in [0, 0.1) is 0 Å². The molecule has 0 unspecified atom stereocenters. The van der Waals surface area contributed by atoms with Crippen molar-refractivity contribution in [1.29, 1.82) is 0 Å². The summed E-state index contributed by atoms with van der Waals surface area (Å²) in [7, 11) is 2.04. The largest absolute Gasteiger partial charge is 0.360 e. The number of carbonyl (C=O) groups is 1. The zero-order valence-electron chi connectivity index (χ0n) is 15.6. The van der Waals surface area contributed by atoms with Crippen molar-refractivity contribution in [2.24, 2.45) is 0 Å². The summed E-state index contributed by atoms with van der Waals surface area (Å²) >= 11 is 1.49. The second-order valence-electron chi connectivity index (χ2n) is 6.63. The maximum absolute atomic E-state index is 12.8. The summed E-state index contributed by atoms with van der Waals surface area (Å²) in [6, 6.07) is 13.9. The van der Waals surface area contributed by atoms with Gasteiger partial charge in [0.2, 0.25) is 0 Å². The van der Waals surface area contributed by atoms with E-state index in [1.165, 1.54) is 11.3 Å². The van der Waals surface area contributed by atoms with E-state index >= 15 is 0 Å². The van der Waals surface area contributed by atoms with Crippen LogP contribution >= 0.6 is 11.3 Å². The molecule has 1 aliphatic rings. The quantitative estimate of drug-likeness (QED) is 0.692. The Morgan fingerprint density at radius 2 is 2.00 bits per heavy atom. The molecule has 6 heteroatoms. The van der Waals surface area contributed by atoms with E-state index in [9.17, 15) is 4.79 Å². The predicted octanol–water partition coefficient (Wildman–Crippen LogP) is 3.86. The number of hydrogen-bond donors (Lipinski definition) is 0. The van der Waals surface area contributed by atoms with Gasteiger partial charge >= 0.3 is 0 Å². The minimum absolute atomic E-state index is 0.0906. The second-order valence-corrected chi connectivity index (χ2v) is 7.58. The molecule has 0 bridgehead atoms. The zero-order valence-corrected chi connectivity index (χ0v) is 16.4. The highest BCUT2D eigenvalue weighted by Gasteiger charge is 2.27. The van der Waals surface area contributed by atoms with E-state index in [1.807, 2.05) is 59.8 Å². The molecule has 1 amide bonds. The summed E-state index contributed by atoms with van der Waals surface area (Å²) in [5, 5.41) is 1.94. The summed E-state index contributed by atoms with van der Waals surface area (Å²) in [5.41, 5.74) is 3.13. The van der Waals surface area contributed by atoms with Crippen molar-refractivity contribution in [3.63, 3.8) is 0 Å². The minimum Gasteiger partial charge on any atom is -0.360 e. The fourth-order valence-electron chi connectivity index (χ4n) is 3.31. The van der Waals surface area contributed by atoms with Crippen molar-refractivity contribution in [3.05, 3.63) is 64.0 Å². The molecule has 2 aromatic heterocycles. The molecule has 0 spiro atoms. The Bertz CT molecular complexity index is 940. The van der Waals surface area contributed by atoms with E-state index in [4.69, 9.17) is 9.97 Å². The van der Waals surface area contributed by atoms with E-state index in [1.54, 1.807) is 0 Å². The molecule has 0 fully saturated rings. The van der Waals surface area contributed by atoms with Crippen molar-refractivity contribution in [2.75, 3.05) is 25.0 Å². The average Bonchev–Trinajstić information content (AvgIpc) is 3.27. The van der Waals surface area contributed by atoms with Gasteiger partial charge in [0.05, 0.1) is 17.1 Å². The molecule has 1 aliphatic heterocycles. The van der Waals surface area contributed by atoms with Gasteiger partial charge < -0.3 is 9.80 Å². The van der Waals surface area contributed by atoms with Crippen LogP contribution in [0.3, 0.4) is 0 Å². The molecule has 0 atom stereocenters. The maximum Gasteiger partial charge on any atom is 0.264 e. The molecular formula is C21H22N4OS. The first-order chi connectivity index (χ1) is 13.2. The van der Waals surface area contributed by atoms with E-state index in [-0.39, 0.29) is 5.91 Å². The lowest BCUT2D eigenvalue weighted by Gasteiger charge is -2.31. The van der Waals surface area contributed by atoms with Gasteiger partial charge in [-0.2, -0.15) is 0 Å². The van der Waals surface area contributed by atoms with Crippen LogP contribution in [-0.4, -0.2) is 40.9 Å². The van der Waals surface area contributed by atoms with Gasteiger partial charge in [-0.3, -0.25) is 4.79 Å². The van der Waals surface area contributed by atoms with Gasteiger partial charge in [0.25, 0.3) is 5.91 Å². The Morgan fingerprint density at radius 1 is 1.19 bits per heavy atom. The fraction of sp³-hybridized carbons (Fsp3) is 0.286. The molecule has 5 nitrogen and oxygen atoms in total. The van der Waals surface area contributed by atoms with E-state index < -0.39 is 0 Å². The average molecular weight is 379 g/mol. The van der Waals surface area contributed by atoms with E-state index in [0.717, 1.165) is 46.3 Å². The molecular weight excluding hydrogens is 356 g/mol. The van der Waals surface area contributed by atoms with Crippen molar-refractivity contribution in [2.45, 2.75) is 19.9 Å². The third-order valence-electron chi connectivity index (χ3n) is 4.93. The number of aromatic nitrogens is 2. The lowest BCUT2D eigenvalue weighted by molar-refractivity contribution is 0.0738. The molecule has 0 N–H and O–H groups in total. The molecule has 0 saturated heterocycles. The highest BCUT2D eigenvalue weighted by molar-refractivity contribution is 7.12. The third kappa shape index (κ3) is 3.45. The number of hydrogen-bond acceptors (Lipinski definition) is 5. The SMILES string of the molecule is CCN(C)c1nc(-c2ccccc2)nc2c1CN(C(=O)c1cccs1)CC2. The zero-order chi connectivity index (χ0) is 18.8. The van der Waals surface area contributed by atoms with Gasteiger partial charge in [-0.25, -0.2) is 9.97 Å². The van der Waals surface area contributed by atoms with Gasteiger partial charge in [-0.15, -0.1) is 11.3 Å². The Balaban J connectivity index is 1.73. The van der Waals surface area contributed by atoms with Crippen molar-refractivity contribution in [3.8, 4) is 11.4 Å². The Hall–Kier alpha value is -2.73. The molecule has 4 rings (SSSR count). The van der Waals surface area contributed by atoms with Crippen LogP contribution in [-0.2, 0) is 13.0 Å². The Labute approximate surface area is 163 Å². The summed E-state index contributed by atoms with van der Waals surface area (Å²) in [6.07, 6.45) is 0.749. The van der Waals surface area contributed by atoms with Gasteiger partial charge in [-0.1, -0.05) is 36.4 Å². The second kappa shape index (κ2) is 7.48. The predicted molar refractivity (Wildman–Crippen MR) is 109 cm³/mol. The van der Waals surface area contributed by atoms with Gasteiger partial charge in [0.15, 0.2) is 5.82 Å². The number of thiophene rings is 1. The topological polar surface area (TPSA) is 49.3 Å². The van der Waals surface area contributed by atoms with Crippen molar-refractivity contribution < 1.29 is 4.79 Å². The van der Waals surface area contributed by atoms with Gasteiger partial charge in [-0.05, 0) is 18.4 Å². The lowest BCUT2D eigenvalue weighted by atomic mass is 10.0. The summed E-state index contributed by atoms with van der Waals surface area (Å²) in [5.74, 6) is 1.76. The minimum atomic E-state index is 0.0906. The number of rotatable bonds is 4. The lowest BCUT2D eigenvalue weighted by Crippen LogP contribution is -2.37. The molecule has 0 aliphatic carbocycles. The first kappa shape index (κ1) is 17.7. The van der Waals surface area contributed by atoms with Crippen LogP contribution in [0.2, 0.25) is 0 Å². The highest BCUT2D eigenvalue weighted by atomic mass is 32.1. The number of anilines is 1. The first-order valence-corrected chi connectivity index (χ1v) is 10.0. The molecule has 0 radical (unpaired) electrons. The standard InChI is InChI=1S/C21H22N4OS/c1-3-24(2)20-16-14-25(21(26)18-10-7-13-27-18)12-11-17(16)22-19(23-20)15-8-5-4-6-9-15/h4-10,13H,3,11-12,14H2,1-2H3. The van der Waals surface area contributed by atoms with Crippen LogP contribution in [0.5, 0.6) is 0 Å². The van der Waals surface area contributed by atoms with Gasteiger partial charge in [0, 0.05) is 37.7 Å². The number of benzene rings is 1. The number of carbonyl (C=O) groups excluding carboxylic acids is 1. The van der Waals surface area contributed by atoms with Crippen LogP contribution in [0.15, 0.2) is 47.8 Å². The summed E-state index contributed by atoms with van der Waals surface area (Å²) in [6.45, 7) is 4.19. The monoisotopic (exact) mass is 378 g/mol. The number of fused-ring (bicyclic) bond motifs is 1. The molecule has 3 aromatic rings. The number of nitrogens with zero attached hydrogens (tertiary/aromatic N) is 4. The van der Waals surface area contributed by atoms with E-state index in [0.29, 0.717) is 13.1 Å². The molecule has 27 heavy (non-hydrogen) atoms. The summed E-state index contributed by atoms with van der Waals surface area (Å²) < 4.78 is 0. The Kier molecular flexibility index (Phi) is 4.90. The molecule has 0 saturated carbocycles. The van der Waals surface area contributed by atoms with Gasteiger partial charge in [0.1, 0.15) is 5.82 Å². The fourth-order valence-corrected chi connectivity index (χ4v) is 4.00. The summed E-state index contributed by atoms with van der Waals surface area (Å²) in [4.78, 5) is 27.3. The van der Waals surface area contributed by atoms with Crippen molar-refractivity contribution >= 4 is 23.1 Å². The number of amides is 1. The van der Waals surface area contributed by atoms with Crippen LogP contribution in [0.4, 0.5) is 5.82 Å². The third-order valence-corrected chi connectivity index (χ3v) is 5.78. The Morgan fingerprint density at radius 3 is 2.70 bits per heavy atom. The first-order valence-electron chi connectivity index (χ1n) is 9.16. The van der Waals surface area contributed by atoms with Crippen LogP contribution < -0.4 is 4.90 Å².